The normalized spacial score (nSPS) is 18.5. The number of anilines is 2. The van der Waals surface area contributed by atoms with Gasteiger partial charge in [-0.3, -0.25) is 4.79 Å². The first kappa shape index (κ1) is 14.6. The summed E-state index contributed by atoms with van der Waals surface area (Å²) in [6, 6.07) is 5.63. The lowest BCUT2D eigenvalue weighted by Crippen LogP contribution is -2.39. The Kier molecular flexibility index (Phi) is 3.85. The number of hydrogen-bond acceptors (Lipinski definition) is 4. The van der Waals surface area contributed by atoms with E-state index in [1.165, 1.54) is 6.08 Å². The van der Waals surface area contributed by atoms with E-state index in [-0.39, 0.29) is 12.0 Å². The van der Waals surface area contributed by atoms with Crippen LogP contribution in [0.15, 0.2) is 30.9 Å². The van der Waals surface area contributed by atoms with Gasteiger partial charge >= 0.3 is 0 Å². The highest BCUT2D eigenvalue weighted by molar-refractivity contribution is 6.00. The van der Waals surface area contributed by atoms with Crippen molar-refractivity contribution < 1.29 is 9.90 Å². The molecule has 0 radical (unpaired) electrons. The van der Waals surface area contributed by atoms with E-state index in [0.717, 1.165) is 36.4 Å². The van der Waals surface area contributed by atoms with E-state index in [4.69, 9.17) is 0 Å². The zero-order chi connectivity index (χ0) is 15.7. The summed E-state index contributed by atoms with van der Waals surface area (Å²) >= 11 is 0. The van der Waals surface area contributed by atoms with Crippen molar-refractivity contribution in [2.24, 2.45) is 7.05 Å². The lowest BCUT2D eigenvalue weighted by atomic mass is 10.1. The fourth-order valence-electron chi connectivity index (χ4n) is 2.88. The highest BCUT2D eigenvalue weighted by Gasteiger charge is 2.22. The van der Waals surface area contributed by atoms with Crippen LogP contribution >= 0.6 is 0 Å². The Morgan fingerprint density at radius 3 is 3.09 bits per heavy atom. The van der Waals surface area contributed by atoms with Crippen LogP contribution in [0, 0.1) is 0 Å². The number of nitrogens with one attached hydrogen (secondary N) is 1. The van der Waals surface area contributed by atoms with Gasteiger partial charge in [-0.1, -0.05) is 6.58 Å². The predicted octanol–water partition coefficient (Wildman–Crippen LogP) is 1.66. The molecule has 116 valence electrons. The average molecular weight is 300 g/mol. The summed E-state index contributed by atoms with van der Waals surface area (Å²) in [6.07, 6.45) is 2.75. The topological polar surface area (TPSA) is 70.4 Å². The molecular formula is C16H20N4O2. The molecule has 1 amide bonds. The van der Waals surface area contributed by atoms with E-state index < -0.39 is 0 Å². The average Bonchev–Trinajstić information content (AvgIpc) is 2.84. The van der Waals surface area contributed by atoms with Crippen molar-refractivity contribution in [3.8, 4) is 0 Å². The van der Waals surface area contributed by atoms with Gasteiger partial charge in [0.25, 0.3) is 0 Å². The van der Waals surface area contributed by atoms with Gasteiger partial charge in [0.15, 0.2) is 0 Å². The molecule has 1 saturated heterocycles. The molecule has 0 bridgehead atoms. The Morgan fingerprint density at radius 2 is 2.36 bits per heavy atom. The minimum atomic E-state index is -0.295. The summed E-state index contributed by atoms with van der Waals surface area (Å²) in [5.74, 6) is 0.607. The van der Waals surface area contributed by atoms with E-state index in [1.807, 2.05) is 29.8 Å². The van der Waals surface area contributed by atoms with Crippen molar-refractivity contribution in [3.63, 3.8) is 0 Å². The molecule has 1 unspecified atom stereocenters. The molecule has 1 aromatic heterocycles. The smallest absolute Gasteiger partial charge is 0.247 e. The Morgan fingerprint density at radius 1 is 1.55 bits per heavy atom. The van der Waals surface area contributed by atoms with Crippen LogP contribution in [-0.4, -0.2) is 39.8 Å². The Labute approximate surface area is 129 Å². The van der Waals surface area contributed by atoms with Gasteiger partial charge in [-0.15, -0.1) is 0 Å². The fourth-order valence-corrected chi connectivity index (χ4v) is 2.88. The minimum absolute atomic E-state index is 0.241. The lowest BCUT2D eigenvalue weighted by Gasteiger charge is -2.30. The predicted molar refractivity (Wildman–Crippen MR) is 87.0 cm³/mol. The lowest BCUT2D eigenvalue weighted by molar-refractivity contribution is -0.111. The van der Waals surface area contributed by atoms with Crippen molar-refractivity contribution in [1.82, 2.24) is 9.55 Å². The fraction of sp³-hybridized carbons (Fsp3) is 0.375. The van der Waals surface area contributed by atoms with Gasteiger partial charge in [0.1, 0.15) is 0 Å². The van der Waals surface area contributed by atoms with E-state index in [9.17, 15) is 9.90 Å². The second-order valence-corrected chi connectivity index (χ2v) is 5.61. The second kappa shape index (κ2) is 5.81. The van der Waals surface area contributed by atoms with Crippen LogP contribution in [-0.2, 0) is 11.8 Å². The maximum absolute atomic E-state index is 11.4. The summed E-state index contributed by atoms with van der Waals surface area (Å²) in [5, 5.41) is 12.6. The first-order valence-corrected chi connectivity index (χ1v) is 7.41. The number of hydrogen-bond donors (Lipinski definition) is 2. The van der Waals surface area contributed by atoms with Crippen LogP contribution in [0.4, 0.5) is 11.6 Å². The number of amides is 1. The van der Waals surface area contributed by atoms with Crippen LogP contribution in [0.1, 0.15) is 12.8 Å². The summed E-state index contributed by atoms with van der Waals surface area (Å²) < 4.78 is 2.02. The number of piperidine rings is 1. The molecule has 1 aliphatic heterocycles. The van der Waals surface area contributed by atoms with Crippen LogP contribution in [0.2, 0.25) is 0 Å². The highest BCUT2D eigenvalue weighted by Crippen LogP contribution is 2.26. The number of carbonyl (C=O) groups excluding carboxylic acids is 1. The molecule has 2 aromatic rings. The first-order valence-electron chi connectivity index (χ1n) is 7.41. The highest BCUT2D eigenvalue weighted by atomic mass is 16.3. The zero-order valence-corrected chi connectivity index (χ0v) is 12.6. The number of β-amino-alcohol motifs (C(OH)–C–C–N with tert-alkyl or cyclic N) is 1. The molecule has 6 heteroatoms. The first-order chi connectivity index (χ1) is 10.6. The van der Waals surface area contributed by atoms with E-state index in [0.29, 0.717) is 12.2 Å². The number of rotatable bonds is 3. The van der Waals surface area contributed by atoms with E-state index in [1.54, 1.807) is 0 Å². The van der Waals surface area contributed by atoms with E-state index >= 15 is 0 Å². The van der Waals surface area contributed by atoms with Crippen molar-refractivity contribution in [3.05, 3.63) is 30.9 Å². The van der Waals surface area contributed by atoms with Gasteiger partial charge in [0, 0.05) is 25.8 Å². The van der Waals surface area contributed by atoms with Crippen molar-refractivity contribution in [2.45, 2.75) is 18.9 Å². The minimum Gasteiger partial charge on any atom is -0.391 e. The molecule has 22 heavy (non-hydrogen) atoms. The summed E-state index contributed by atoms with van der Waals surface area (Å²) in [4.78, 5) is 18.2. The van der Waals surface area contributed by atoms with Gasteiger partial charge in [-0.25, -0.2) is 4.98 Å². The Hall–Kier alpha value is -2.34. The third-order valence-corrected chi connectivity index (χ3v) is 3.99. The molecule has 6 nitrogen and oxygen atoms in total. The zero-order valence-electron chi connectivity index (χ0n) is 12.6. The number of benzene rings is 1. The molecule has 1 fully saturated rings. The van der Waals surface area contributed by atoms with Crippen LogP contribution < -0.4 is 10.2 Å². The van der Waals surface area contributed by atoms with Crippen LogP contribution in [0.3, 0.4) is 0 Å². The summed E-state index contributed by atoms with van der Waals surface area (Å²) in [5.41, 5.74) is 2.51. The third kappa shape index (κ3) is 2.69. The number of aryl methyl sites for hydroxylation is 1. The largest absolute Gasteiger partial charge is 0.391 e. The molecule has 0 spiro atoms. The number of fused-ring (bicyclic) bond motifs is 1. The second-order valence-electron chi connectivity index (χ2n) is 5.61. The van der Waals surface area contributed by atoms with Crippen molar-refractivity contribution in [2.75, 3.05) is 23.3 Å². The summed E-state index contributed by atoms with van der Waals surface area (Å²) in [6.45, 7) is 4.95. The number of aliphatic hydroxyl groups is 1. The standard InChI is InChI=1S/C16H20N4O2/c1-3-15(22)17-11-6-7-14-13(9-11)18-16(19(14)2)20-8-4-5-12(21)10-20/h3,6-7,9,12,21H,1,4-5,8,10H2,2H3,(H,17,22). The maximum atomic E-state index is 11.4. The van der Waals surface area contributed by atoms with Gasteiger partial charge in [0.2, 0.25) is 11.9 Å². The molecule has 1 aromatic carbocycles. The molecule has 1 atom stereocenters. The van der Waals surface area contributed by atoms with Crippen LogP contribution in [0.25, 0.3) is 11.0 Å². The SMILES string of the molecule is C=CC(=O)Nc1ccc2c(c1)nc(N1CCCC(O)C1)n2C. The number of aromatic nitrogens is 2. The quantitative estimate of drug-likeness (QED) is 0.846. The van der Waals surface area contributed by atoms with Gasteiger partial charge in [-0.05, 0) is 37.1 Å². The Balaban J connectivity index is 1.94. The molecular weight excluding hydrogens is 280 g/mol. The third-order valence-electron chi connectivity index (χ3n) is 3.99. The number of aliphatic hydroxyl groups excluding tert-OH is 1. The van der Waals surface area contributed by atoms with Crippen LogP contribution in [0.5, 0.6) is 0 Å². The van der Waals surface area contributed by atoms with Crippen molar-refractivity contribution >= 4 is 28.6 Å². The van der Waals surface area contributed by atoms with Crippen molar-refractivity contribution in [1.29, 1.82) is 0 Å². The maximum Gasteiger partial charge on any atom is 0.247 e. The number of carbonyl (C=O) groups is 1. The number of nitrogens with zero attached hydrogens (tertiary/aromatic N) is 3. The molecule has 2 heterocycles. The molecule has 0 saturated carbocycles. The number of imidazole rings is 1. The molecule has 1 aliphatic rings. The van der Waals surface area contributed by atoms with E-state index in [2.05, 4.69) is 21.8 Å². The Bertz CT molecular complexity index is 722. The van der Waals surface area contributed by atoms with Gasteiger partial charge < -0.3 is 19.9 Å². The van der Waals surface area contributed by atoms with Gasteiger partial charge in [-0.2, -0.15) is 0 Å². The molecule has 2 N–H and O–H groups in total. The monoisotopic (exact) mass is 300 g/mol. The van der Waals surface area contributed by atoms with Gasteiger partial charge in [0.05, 0.1) is 17.1 Å². The summed E-state index contributed by atoms with van der Waals surface area (Å²) in [7, 11) is 1.97. The molecule has 0 aliphatic carbocycles. The molecule has 3 rings (SSSR count).